The van der Waals surface area contributed by atoms with E-state index in [0.717, 1.165) is 11.1 Å². The highest BCUT2D eigenvalue weighted by Crippen LogP contribution is 2.34. The van der Waals surface area contributed by atoms with Crippen molar-refractivity contribution in [3.63, 3.8) is 0 Å². The number of allylic oxidation sites excluding steroid dienone is 1. The van der Waals surface area contributed by atoms with Crippen LogP contribution in [0.2, 0.25) is 0 Å². The van der Waals surface area contributed by atoms with Gasteiger partial charge in [-0.1, -0.05) is 67.6 Å². The lowest BCUT2D eigenvalue weighted by Gasteiger charge is -2.29. The smallest absolute Gasteiger partial charge is 0.155 e. The Balaban J connectivity index is 2.06. The number of nitrogens with zero attached hydrogens (tertiary/aromatic N) is 2. The first-order chi connectivity index (χ1) is 11.6. The molecular formula is C20H21FN2O. The molecule has 0 atom stereocenters. The van der Waals surface area contributed by atoms with Crippen LogP contribution in [0, 0.1) is 0 Å². The molecule has 0 aliphatic carbocycles. The van der Waals surface area contributed by atoms with Gasteiger partial charge in [-0.15, -0.1) is 0 Å². The fourth-order valence-corrected chi connectivity index (χ4v) is 2.93. The number of rotatable bonds is 5. The van der Waals surface area contributed by atoms with Crippen LogP contribution in [0.5, 0.6) is 0 Å². The second kappa shape index (κ2) is 6.97. The Morgan fingerprint density at radius 3 is 2.17 bits per heavy atom. The van der Waals surface area contributed by atoms with Crippen LogP contribution in [0.25, 0.3) is 0 Å². The summed E-state index contributed by atoms with van der Waals surface area (Å²) in [7, 11) is 0. The first kappa shape index (κ1) is 16.4. The molecule has 2 aromatic rings. The summed E-state index contributed by atoms with van der Waals surface area (Å²) in [5.74, 6) is -0.219. The van der Waals surface area contributed by atoms with Gasteiger partial charge in [-0.25, -0.2) is 4.39 Å². The van der Waals surface area contributed by atoms with Crippen molar-refractivity contribution in [1.82, 2.24) is 5.01 Å². The first-order valence-electron chi connectivity index (χ1n) is 8.18. The molecule has 0 radical (unpaired) electrons. The molecule has 2 aromatic carbocycles. The minimum atomic E-state index is -1.31. The van der Waals surface area contributed by atoms with Gasteiger partial charge in [0.15, 0.2) is 5.60 Å². The van der Waals surface area contributed by atoms with Gasteiger partial charge < -0.3 is 5.11 Å². The van der Waals surface area contributed by atoms with Crippen molar-refractivity contribution in [2.24, 2.45) is 5.10 Å². The summed E-state index contributed by atoms with van der Waals surface area (Å²) in [4.78, 5) is 0. The van der Waals surface area contributed by atoms with Gasteiger partial charge in [0.25, 0.3) is 0 Å². The minimum Gasteiger partial charge on any atom is -0.375 e. The second-order valence-corrected chi connectivity index (χ2v) is 5.83. The molecule has 0 spiro atoms. The zero-order valence-electron chi connectivity index (χ0n) is 13.7. The Morgan fingerprint density at radius 1 is 1.12 bits per heavy atom. The molecule has 0 aromatic heterocycles. The molecule has 0 amide bonds. The molecule has 0 saturated heterocycles. The zero-order valence-corrected chi connectivity index (χ0v) is 13.7. The predicted molar refractivity (Wildman–Crippen MR) is 94.1 cm³/mol. The Kier molecular flexibility index (Phi) is 4.76. The highest BCUT2D eigenvalue weighted by Gasteiger charge is 2.39. The Hall–Kier alpha value is -2.46. The maximum atomic E-state index is 13.5. The van der Waals surface area contributed by atoms with Crippen LogP contribution in [0.3, 0.4) is 0 Å². The number of aliphatic hydroxyl groups is 1. The molecule has 1 aliphatic heterocycles. The van der Waals surface area contributed by atoms with E-state index in [-0.39, 0.29) is 5.83 Å². The van der Waals surface area contributed by atoms with Crippen LogP contribution < -0.4 is 0 Å². The van der Waals surface area contributed by atoms with Gasteiger partial charge >= 0.3 is 0 Å². The van der Waals surface area contributed by atoms with Crippen molar-refractivity contribution < 1.29 is 9.50 Å². The molecule has 1 aliphatic rings. The lowest BCUT2D eigenvalue weighted by molar-refractivity contribution is 0.154. The summed E-state index contributed by atoms with van der Waals surface area (Å²) in [6.45, 7) is 2.32. The van der Waals surface area contributed by atoms with Gasteiger partial charge in [0.1, 0.15) is 5.83 Å². The monoisotopic (exact) mass is 324 g/mol. The first-order valence-corrected chi connectivity index (χ1v) is 8.18. The van der Waals surface area contributed by atoms with E-state index >= 15 is 0 Å². The van der Waals surface area contributed by atoms with Crippen molar-refractivity contribution in [3.8, 4) is 0 Å². The van der Waals surface area contributed by atoms with Crippen LogP contribution in [-0.2, 0) is 5.60 Å². The molecule has 3 nitrogen and oxygen atoms in total. The number of hydrogen-bond acceptors (Lipinski definition) is 3. The lowest BCUT2D eigenvalue weighted by atomic mass is 9.81. The molecule has 1 heterocycles. The predicted octanol–water partition coefficient (Wildman–Crippen LogP) is 4.21. The molecule has 0 bridgehead atoms. The Morgan fingerprint density at radius 2 is 1.67 bits per heavy atom. The van der Waals surface area contributed by atoms with Crippen molar-refractivity contribution in [2.45, 2.75) is 25.4 Å². The van der Waals surface area contributed by atoms with Gasteiger partial charge in [-0.2, -0.15) is 5.10 Å². The number of hydrogen-bond donors (Lipinski definition) is 1. The topological polar surface area (TPSA) is 35.8 Å². The number of halogens is 1. The van der Waals surface area contributed by atoms with Crippen LogP contribution in [0.1, 0.15) is 30.9 Å². The maximum Gasteiger partial charge on any atom is 0.155 e. The van der Waals surface area contributed by atoms with E-state index in [0.29, 0.717) is 25.1 Å². The summed E-state index contributed by atoms with van der Waals surface area (Å²) in [5, 5.41) is 17.6. The summed E-state index contributed by atoms with van der Waals surface area (Å²) in [5.41, 5.74) is 0.835. The van der Waals surface area contributed by atoms with Crippen molar-refractivity contribution in [1.29, 1.82) is 0 Å². The van der Waals surface area contributed by atoms with Crippen molar-refractivity contribution in [3.05, 3.63) is 83.8 Å². The third-order valence-electron chi connectivity index (χ3n) is 4.25. The normalized spacial score (nSPS) is 15.5. The van der Waals surface area contributed by atoms with E-state index in [4.69, 9.17) is 0 Å². The van der Waals surface area contributed by atoms with E-state index in [9.17, 15) is 9.50 Å². The maximum absolute atomic E-state index is 13.5. The number of benzene rings is 2. The van der Waals surface area contributed by atoms with E-state index in [1.54, 1.807) is 11.9 Å². The Bertz CT molecular complexity index is 701. The van der Waals surface area contributed by atoms with Crippen LogP contribution in [0.15, 0.2) is 77.8 Å². The van der Waals surface area contributed by atoms with Gasteiger partial charge in [0.2, 0.25) is 0 Å². The lowest BCUT2D eigenvalue weighted by Crippen LogP contribution is -2.36. The van der Waals surface area contributed by atoms with Crippen LogP contribution in [0.4, 0.5) is 4.39 Å². The molecule has 0 fully saturated rings. The van der Waals surface area contributed by atoms with E-state index in [1.807, 2.05) is 60.7 Å². The summed E-state index contributed by atoms with van der Waals surface area (Å²) in [6, 6.07) is 19.0. The van der Waals surface area contributed by atoms with Crippen molar-refractivity contribution >= 4 is 5.71 Å². The average molecular weight is 324 g/mol. The SMILES string of the molecule is CC/C(F)=C\N1CCC(C(O)(c2ccccc2)c2ccccc2)=N1. The molecule has 3 rings (SSSR count). The highest BCUT2D eigenvalue weighted by molar-refractivity contribution is 5.97. The summed E-state index contributed by atoms with van der Waals surface area (Å²) in [6.07, 6.45) is 2.32. The third kappa shape index (κ3) is 3.10. The van der Waals surface area contributed by atoms with Crippen molar-refractivity contribution in [2.75, 3.05) is 6.54 Å². The molecule has 24 heavy (non-hydrogen) atoms. The molecule has 4 heteroatoms. The molecule has 0 unspecified atom stereocenters. The van der Waals surface area contributed by atoms with Gasteiger partial charge in [-0.05, 0) is 17.5 Å². The van der Waals surface area contributed by atoms with Crippen LogP contribution in [-0.4, -0.2) is 22.4 Å². The molecule has 0 saturated carbocycles. The van der Waals surface area contributed by atoms with Gasteiger partial charge in [0, 0.05) is 13.0 Å². The van der Waals surface area contributed by atoms with Crippen LogP contribution >= 0.6 is 0 Å². The molecule has 124 valence electrons. The molecular weight excluding hydrogens is 303 g/mol. The average Bonchev–Trinajstić information content (AvgIpc) is 3.11. The quantitative estimate of drug-likeness (QED) is 0.894. The third-order valence-corrected chi connectivity index (χ3v) is 4.25. The number of hydrazone groups is 1. The Labute approximate surface area is 141 Å². The minimum absolute atomic E-state index is 0.219. The van der Waals surface area contributed by atoms with E-state index < -0.39 is 5.60 Å². The summed E-state index contributed by atoms with van der Waals surface area (Å²) >= 11 is 0. The summed E-state index contributed by atoms with van der Waals surface area (Å²) < 4.78 is 13.5. The van der Waals surface area contributed by atoms with Gasteiger partial charge in [0.05, 0.1) is 11.9 Å². The van der Waals surface area contributed by atoms with E-state index in [2.05, 4.69) is 5.10 Å². The highest BCUT2D eigenvalue weighted by atomic mass is 19.1. The van der Waals surface area contributed by atoms with Gasteiger partial charge in [-0.3, -0.25) is 5.01 Å². The zero-order chi connectivity index (χ0) is 17.0. The molecule has 1 N–H and O–H groups in total. The van der Waals surface area contributed by atoms with E-state index in [1.165, 1.54) is 6.20 Å². The fourth-order valence-electron chi connectivity index (χ4n) is 2.93. The second-order valence-electron chi connectivity index (χ2n) is 5.83. The largest absolute Gasteiger partial charge is 0.375 e. The standard InChI is InChI=1S/C20H21FN2O/c1-2-18(21)15-23-14-13-19(22-23)20(24,16-9-5-3-6-10-16)17-11-7-4-8-12-17/h3-12,15,24H,2,13-14H2,1H3/b18-15+. The fraction of sp³-hybridized carbons (Fsp3) is 0.250.